The van der Waals surface area contributed by atoms with Gasteiger partial charge in [0.05, 0.1) is 18.2 Å². The van der Waals surface area contributed by atoms with Crippen LogP contribution < -0.4 is 5.43 Å². The predicted molar refractivity (Wildman–Crippen MR) is 100 cm³/mol. The first kappa shape index (κ1) is 18.0. The van der Waals surface area contributed by atoms with Crippen molar-refractivity contribution in [3.63, 3.8) is 0 Å². The number of benzene rings is 2. The normalized spacial score (nSPS) is 12.5. The van der Waals surface area contributed by atoms with Gasteiger partial charge in [-0.2, -0.15) is 0 Å². The van der Waals surface area contributed by atoms with Gasteiger partial charge in [-0.1, -0.05) is 36.4 Å². The van der Waals surface area contributed by atoms with Gasteiger partial charge in [-0.25, -0.2) is 15.0 Å². The fourth-order valence-electron chi connectivity index (χ4n) is 2.89. The number of fused-ring (bicyclic) bond motifs is 1. The maximum absolute atomic E-state index is 12.8. The van der Waals surface area contributed by atoms with Crippen LogP contribution >= 0.6 is 0 Å². The van der Waals surface area contributed by atoms with E-state index >= 15 is 0 Å². The summed E-state index contributed by atoms with van der Waals surface area (Å²) in [5.74, 6) is -0.242. The van der Waals surface area contributed by atoms with Gasteiger partial charge in [0.2, 0.25) is 0 Å². The van der Waals surface area contributed by atoms with Crippen molar-refractivity contribution in [3.8, 4) is 0 Å². The van der Waals surface area contributed by atoms with Crippen LogP contribution in [-0.4, -0.2) is 38.6 Å². The van der Waals surface area contributed by atoms with Gasteiger partial charge in [-0.15, -0.1) is 0 Å². The van der Waals surface area contributed by atoms with Crippen LogP contribution in [0.4, 0.5) is 0 Å². The Labute approximate surface area is 152 Å². The number of nitrogens with zero attached hydrogens (tertiary/aromatic N) is 3. The number of aliphatic hydroxyl groups is 1. The number of hydrazine groups is 1. The van der Waals surface area contributed by atoms with Crippen molar-refractivity contribution in [2.75, 3.05) is 6.61 Å². The van der Waals surface area contributed by atoms with E-state index < -0.39 is 0 Å². The molecule has 1 atom stereocenters. The van der Waals surface area contributed by atoms with E-state index in [1.54, 1.807) is 23.3 Å². The average molecular weight is 350 g/mol. The molecule has 1 amide bonds. The highest BCUT2D eigenvalue weighted by Gasteiger charge is 2.24. The summed E-state index contributed by atoms with van der Waals surface area (Å²) in [5.41, 5.74) is 5.10. The van der Waals surface area contributed by atoms with E-state index in [1.807, 2.05) is 50.2 Å². The van der Waals surface area contributed by atoms with Crippen molar-refractivity contribution in [2.45, 2.75) is 25.9 Å². The van der Waals surface area contributed by atoms with E-state index in [0.717, 1.165) is 10.9 Å². The van der Waals surface area contributed by atoms with Crippen LogP contribution in [0.15, 0.2) is 61.1 Å². The Bertz CT molecular complexity index is 883. The Kier molecular flexibility index (Phi) is 5.55. The molecule has 6 heteroatoms. The van der Waals surface area contributed by atoms with Crippen LogP contribution in [0.1, 0.15) is 35.8 Å². The lowest BCUT2D eigenvalue weighted by molar-refractivity contribution is 0.0372. The second kappa shape index (κ2) is 8.03. The third-order valence-electron chi connectivity index (χ3n) is 4.25. The smallest absolute Gasteiger partial charge is 0.265 e. The molecule has 26 heavy (non-hydrogen) atoms. The van der Waals surface area contributed by atoms with Gasteiger partial charge in [0.15, 0.2) is 0 Å². The predicted octanol–water partition coefficient (Wildman–Crippen LogP) is 2.72. The molecule has 0 saturated heterocycles. The number of carbonyl (C=O) groups is 1. The van der Waals surface area contributed by atoms with Crippen molar-refractivity contribution in [2.24, 2.45) is 0 Å². The van der Waals surface area contributed by atoms with E-state index in [2.05, 4.69) is 15.4 Å². The van der Waals surface area contributed by atoms with Gasteiger partial charge in [0.1, 0.15) is 6.33 Å². The summed E-state index contributed by atoms with van der Waals surface area (Å²) in [4.78, 5) is 20.9. The van der Waals surface area contributed by atoms with Crippen molar-refractivity contribution in [1.82, 2.24) is 20.4 Å². The molecule has 1 aromatic heterocycles. The van der Waals surface area contributed by atoms with E-state index in [-0.39, 0.29) is 24.6 Å². The Balaban J connectivity index is 1.85. The molecule has 0 aliphatic carbocycles. The first-order chi connectivity index (χ1) is 12.6. The quantitative estimate of drug-likeness (QED) is 0.668. The van der Waals surface area contributed by atoms with Crippen LogP contribution in [0.3, 0.4) is 0 Å². The van der Waals surface area contributed by atoms with Gasteiger partial charge in [-0.3, -0.25) is 10.2 Å². The number of hydrogen-bond donors (Lipinski definition) is 2. The summed E-state index contributed by atoms with van der Waals surface area (Å²) in [7, 11) is 0. The average Bonchev–Trinajstić information content (AvgIpc) is 2.68. The molecule has 1 heterocycles. The van der Waals surface area contributed by atoms with Crippen LogP contribution in [0.5, 0.6) is 0 Å². The molecule has 0 spiro atoms. The molecule has 0 radical (unpaired) electrons. The maximum atomic E-state index is 12.8. The second-order valence-electron chi connectivity index (χ2n) is 6.35. The molecule has 3 rings (SSSR count). The van der Waals surface area contributed by atoms with Gasteiger partial charge in [0, 0.05) is 23.2 Å². The molecule has 0 aliphatic rings. The molecule has 3 aromatic rings. The number of carbonyl (C=O) groups excluding carboxylic acids is 1. The Morgan fingerprint density at radius 2 is 1.96 bits per heavy atom. The highest BCUT2D eigenvalue weighted by molar-refractivity contribution is 5.97. The summed E-state index contributed by atoms with van der Waals surface area (Å²) in [6.45, 7) is 3.84. The number of hydrogen-bond acceptors (Lipinski definition) is 5. The van der Waals surface area contributed by atoms with Crippen molar-refractivity contribution in [3.05, 3.63) is 72.2 Å². The minimum Gasteiger partial charge on any atom is -0.394 e. The standard InChI is InChI=1S/C20H22N4O2/c1-14(2)24(19(12-25)15-6-4-3-5-7-15)23-20(26)16-8-9-17-11-21-13-22-18(17)10-16/h3-11,13-14,19,25H,12H2,1-2H3,(H,23,26)/t19-/m1/s1. The molecule has 2 N–H and O–H groups in total. The highest BCUT2D eigenvalue weighted by atomic mass is 16.3. The fraction of sp³-hybridized carbons (Fsp3) is 0.250. The maximum Gasteiger partial charge on any atom is 0.265 e. The fourth-order valence-corrected chi connectivity index (χ4v) is 2.89. The molecule has 0 unspecified atom stereocenters. The van der Waals surface area contributed by atoms with Crippen LogP contribution in [0.25, 0.3) is 10.9 Å². The van der Waals surface area contributed by atoms with Gasteiger partial charge in [-0.05, 0) is 31.5 Å². The first-order valence-corrected chi connectivity index (χ1v) is 8.55. The molecule has 0 fully saturated rings. The lowest BCUT2D eigenvalue weighted by Gasteiger charge is -2.34. The lowest BCUT2D eigenvalue weighted by atomic mass is 10.1. The van der Waals surface area contributed by atoms with E-state index in [1.165, 1.54) is 6.33 Å². The number of nitrogens with one attached hydrogen (secondary N) is 1. The van der Waals surface area contributed by atoms with Gasteiger partial charge < -0.3 is 5.11 Å². The number of aliphatic hydroxyl groups excluding tert-OH is 1. The molecule has 0 bridgehead atoms. The molecular formula is C20H22N4O2. The van der Waals surface area contributed by atoms with Crippen LogP contribution in [0.2, 0.25) is 0 Å². The topological polar surface area (TPSA) is 78.4 Å². The Hall–Kier alpha value is -2.83. The Morgan fingerprint density at radius 1 is 1.19 bits per heavy atom. The monoisotopic (exact) mass is 350 g/mol. The third kappa shape index (κ3) is 3.87. The molecule has 134 valence electrons. The van der Waals surface area contributed by atoms with Gasteiger partial charge in [0.25, 0.3) is 5.91 Å². The van der Waals surface area contributed by atoms with E-state index in [4.69, 9.17) is 0 Å². The zero-order valence-electron chi connectivity index (χ0n) is 14.8. The molecule has 6 nitrogen and oxygen atoms in total. The minimum absolute atomic E-state index is 0.000845. The Morgan fingerprint density at radius 3 is 2.65 bits per heavy atom. The van der Waals surface area contributed by atoms with Crippen molar-refractivity contribution >= 4 is 16.8 Å². The van der Waals surface area contributed by atoms with Crippen LogP contribution in [0, 0.1) is 0 Å². The summed E-state index contributed by atoms with van der Waals surface area (Å²) in [6, 6.07) is 14.6. The lowest BCUT2D eigenvalue weighted by Crippen LogP contribution is -2.49. The second-order valence-corrected chi connectivity index (χ2v) is 6.35. The van der Waals surface area contributed by atoms with Crippen molar-refractivity contribution < 1.29 is 9.90 Å². The van der Waals surface area contributed by atoms with Crippen molar-refractivity contribution in [1.29, 1.82) is 0 Å². The number of rotatable bonds is 6. The third-order valence-corrected chi connectivity index (χ3v) is 4.25. The highest BCUT2D eigenvalue weighted by Crippen LogP contribution is 2.21. The minimum atomic E-state index is -0.331. The summed E-state index contributed by atoms with van der Waals surface area (Å²) in [5, 5.41) is 12.6. The molecule has 0 aliphatic heterocycles. The van der Waals surface area contributed by atoms with E-state index in [0.29, 0.717) is 11.1 Å². The van der Waals surface area contributed by atoms with E-state index in [9.17, 15) is 9.90 Å². The molecular weight excluding hydrogens is 328 g/mol. The first-order valence-electron chi connectivity index (χ1n) is 8.55. The SMILES string of the molecule is CC(C)N(NC(=O)c1ccc2cncnc2c1)[C@H](CO)c1ccccc1. The summed E-state index contributed by atoms with van der Waals surface area (Å²) >= 11 is 0. The zero-order chi connectivity index (χ0) is 18.5. The zero-order valence-corrected chi connectivity index (χ0v) is 14.8. The number of aromatic nitrogens is 2. The molecule has 2 aromatic carbocycles. The molecule has 0 saturated carbocycles. The summed E-state index contributed by atoms with van der Waals surface area (Å²) in [6.07, 6.45) is 3.17. The largest absolute Gasteiger partial charge is 0.394 e. The van der Waals surface area contributed by atoms with Gasteiger partial charge >= 0.3 is 0 Å². The van der Waals surface area contributed by atoms with Crippen LogP contribution in [-0.2, 0) is 0 Å². The number of amides is 1. The summed E-state index contributed by atoms with van der Waals surface area (Å²) < 4.78 is 0.